The van der Waals surface area contributed by atoms with E-state index in [-0.39, 0.29) is 11.9 Å². The minimum Gasteiger partial charge on any atom is -0.363 e. The van der Waals surface area contributed by atoms with E-state index in [1.165, 1.54) is 12.5 Å². The summed E-state index contributed by atoms with van der Waals surface area (Å²) in [5.41, 5.74) is 0.610. The van der Waals surface area contributed by atoms with Crippen LogP contribution in [0.4, 0.5) is 5.69 Å². The third-order valence-corrected chi connectivity index (χ3v) is 2.08. The zero-order valence-electron chi connectivity index (χ0n) is 7.12. The molecule has 0 radical (unpaired) electrons. The standard InChI is InChI=1S/C8H11N3O2/c12-8(7-2-1-3-9-7)11-6-4-10-13-5-6/h4-5,7,9H,1-3H2,(H,11,12)/t7-/m1/s1. The fourth-order valence-corrected chi connectivity index (χ4v) is 1.40. The highest BCUT2D eigenvalue weighted by Gasteiger charge is 2.21. The van der Waals surface area contributed by atoms with Crippen molar-refractivity contribution < 1.29 is 9.32 Å². The Hall–Kier alpha value is -1.36. The monoisotopic (exact) mass is 181 g/mol. The molecule has 1 atom stereocenters. The number of hydrogen-bond acceptors (Lipinski definition) is 4. The van der Waals surface area contributed by atoms with Crippen molar-refractivity contribution in [2.45, 2.75) is 18.9 Å². The largest absolute Gasteiger partial charge is 0.363 e. The van der Waals surface area contributed by atoms with Crippen LogP contribution < -0.4 is 10.6 Å². The van der Waals surface area contributed by atoms with E-state index in [1.54, 1.807) is 0 Å². The summed E-state index contributed by atoms with van der Waals surface area (Å²) in [5, 5.41) is 9.30. The molecule has 2 N–H and O–H groups in total. The molecule has 1 aromatic rings. The van der Waals surface area contributed by atoms with Crippen LogP contribution in [0.25, 0.3) is 0 Å². The number of nitrogens with one attached hydrogen (secondary N) is 2. The summed E-state index contributed by atoms with van der Waals surface area (Å²) in [4.78, 5) is 11.5. The Kier molecular flexibility index (Phi) is 2.27. The molecule has 1 aliphatic rings. The Bertz CT molecular complexity index is 278. The van der Waals surface area contributed by atoms with E-state index >= 15 is 0 Å². The van der Waals surface area contributed by atoms with E-state index < -0.39 is 0 Å². The van der Waals surface area contributed by atoms with Crippen molar-refractivity contribution in [1.82, 2.24) is 10.5 Å². The number of carbonyl (C=O) groups excluding carboxylic acids is 1. The SMILES string of the molecule is O=C(Nc1cnoc1)[C@H]1CCCN1. The van der Waals surface area contributed by atoms with Crippen molar-refractivity contribution >= 4 is 11.6 Å². The number of anilines is 1. The van der Waals surface area contributed by atoms with Crippen molar-refractivity contribution in [2.24, 2.45) is 0 Å². The van der Waals surface area contributed by atoms with Gasteiger partial charge in [-0.05, 0) is 19.4 Å². The number of rotatable bonds is 2. The van der Waals surface area contributed by atoms with Crippen LogP contribution in [0.5, 0.6) is 0 Å². The highest BCUT2D eigenvalue weighted by atomic mass is 16.5. The molecule has 1 aromatic heterocycles. The molecule has 5 nitrogen and oxygen atoms in total. The van der Waals surface area contributed by atoms with Gasteiger partial charge in [-0.15, -0.1) is 0 Å². The summed E-state index contributed by atoms with van der Waals surface area (Å²) in [6.45, 7) is 0.918. The van der Waals surface area contributed by atoms with Crippen molar-refractivity contribution in [3.8, 4) is 0 Å². The van der Waals surface area contributed by atoms with Crippen molar-refractivity contribution in [3.63, 3.8) is 0 Å². The van der Waals surface area contributed by atoms with Gasteiger partial charge in [0.1, 0.15) is 12.0 Å². The van der Waals surface area contributed by atoms with Gasteiger partial charge in [0.15, 0.2) is 0 Å². The van der Waals surface area contributed by atoms with Crippen LogP contribution >= 0.6 is 0 Å². The normalized spacial score (nSPS) is 21.7. The Morgan fingerprint density at radius 3 is 3.31 bits per heavy atom. The topological polar surface area (TPSA) is 67.2 Å². The number of carbonyl (C=O) groups is 1. The Morgan fingerprint density at radius 2 is 2.69 bits per heavy atom. The van der Waals surface area contributed by atoms with Crippen LogP contribution in [0, 0.1) is 0 Å². The molecule has 2 rings (SSSR count). The van der Waals surface area contributed by atoms with E-state index in [1.807, 2.05) is 0 Å². The summed E-state index contributed by atoms with van der Waals surface area (Å²) >= 11 is 0. The van der Waals surface area contributed by atoms with E-state index in [0.717, 1.165) is 19.4 Å². The second-order valence-corrected chi connectivity index (χ2v) is 3.05. The van der Waals surface area contributed by atoms with Gasteiger partial charge in [0.2, 0.25) is 5.91 Å². The van der Waals surface area contributed by atoms with Crippen LogP contribution in [0.3, 0.4) is 0 Å². The average Bonchev–Trinajstić information content (AvgIpc) is 2.74. The van der Waals surface area contributed by atoms with Crippen molar-refractivity contribution in [1.29, 1.82) is 0 Å². The van der Waals surface area contributed by atoms with Gasteiger partial charge in [-0.2, -0.15) is 0 Å². The maximum atomic E-state index is 11.5. The molecule has 1 aliphatic heterocycles. The van der Waals surface area contributed by atoms with E-state index in [0.29, 0.717) is 5.69 Å². The summed E-state index contributed by atoms with van der Waals surface area (Å²) in [6, 6.07) is -0.0603. The molecule has 70 valence electrons. The lowest BCUT2D eigenvalue weighted by molar-refractivity contribution is -0.117. The Balaban J connectivity index is 1.91. The molecule has 0 saturated carbocycles. The lowest BCUT2D eigenvalue weighted by Gasteiger charge is -2.08. The van der Waals surface area contributed by atoms with Gasteiger partial charge < -0.3 is 15.2 Å². The first-order valence-corrected chi connectivity index (χ1v) is 4.30. The van der Waals surface area contributed by atoms with Crippen LogP contribution in [0.15, 0.2) is 17.0 Å². The molecule has 2 heterocycles. The maximum Gasteiger partial charge on any atom is 0.241 e. The summed E-state index contributed by atoms with van der Waals surface area (Å²) < 4.78 is 4.59. The predicted molar refractivity (Wildman–Crippen MR) is 46.2 cm³/mol. The van der Waals surface area contributed by atoms with Crippen molar-refractivity contribution in [3.05, 3.63) is 12.5 Å². The van der Waals surface area contributed by atoms with Crippen LogP contribution in [0.1, 0.15) is 12.8 Å². The molecule has 1 saturated heterocycles. The molecule has 0 bridgehead atoms. The quantitative estimate of drug-likeness (QED) is 0.691. The first-order valence-electron chi connectivity index (χ1n) is 4.30. The summed E-state index contributed by atoms with van der Waals surface area (Å²) in [5.74, 6) is -0.0132. The van der Waals surface area contributed by atoms with Crippen LogP contribution in [-0.4, -0.2) is 23.7 Å². The molecule has 0 unspecified atom stereocenters. The maximum absolute atomic E-state index is 11.5. The second-order valence-electron chi connectivity index (χ2n) is 3.05. The van der Waals surface area contributed by atoms with Crippen molar-refractivity contribution in [2.75, 3.05) is 11.9 Å². The highest BCUT2D eigenvalue weighted by molar-refractivity contribution is 5.94. The van der Waals surface area contributed by atoms with Gasteiger partial charge in [0.25, 0.3) is 0 Å². The summed E-state index contributed by atoms with van der Waals surface area (Å²) in [6.07, 6.45) is 4.85. The van der Waals surface area contributed by atoms with E-state index in [9.17, 15) is 4.79 Å². The fraction of sp³-hybridized carbons (Fsp3) is 0.500. The van der Waals surface area contributed by atoms with Gasteiger partial charge in [0.05, 0.1) is 12.2 Å². The molecule has 0 aliphatic carbocycles. The summed E-state index contributed by atoms with van der Waals surface area (Å²) in [7, 11) is 0. The smallest absolute Gasteiger partial charge is 0.241 e. The van der Waals surface area contributed by atoms with Gasteiger partial charge in [-0.1, -0.05) is 5.16 Å². The van der Waals surface area contributed by atoms with Crippen LogP contribution in [-0.2, 0) is 4.79 Å². The second kappa shape index (κ2) is 3.57. The fourth-order valence-electron chi connectivity index (χ4n) is 1.40. The number of nitrogens with zero attached hydrogens (tertiary/aromatic N) is 1. The minimum absolute atomic E-state index is 0.0132. The number of aromatic nitrogens is 1. The molecular formula is C8H11N3O2. The molecule has 5 heteroatoms. The van der Waals surface area contributed by atoms with Gasteiger partial charge in [-0.25, -0.2) is 0 Å². The Labute approximate surface area is 75.5 Å². The Morgan fingerprint density at radius 1 is 1.77 bits per heavy atom. The number of hydrogen-bond donors (Lipinski definition) is 2. The lowest BCUT2D eigenvalue weighted by Crippen LogP contribution is -2.35. The number of amides is 1. The molecule has 1 fully saturated rings. The third-order valence-electron chi connectivity index (χ3n) is 2.08. The first kappa shape index (κ1) is 8.25. The molecule has 0 spiro atoms. The van der Waals surface area contributed by atoms with E-state index in [2.05, 4.69) is 20.3 Å². The highest BCUT2D eigenvalue weighted by Crippen LogP contribution is 2.09. The third kappa shape index (κ3) is 1.86. The zero-order valence-corrected chi connectivity index (χ0v) is 7.12. The molecule has 13 heavy (non-hydrogen) atoms. The van der Waals surface area contributed by atoms with Gasteiger partial charge >= 0.3 is 0 Å². The van der Waals surface area contributed by atoms with Gasteiger partial charge in [-0.3, -0.25) is 4.79 Å². The van der Waals surface area contributed by atoms with Crippen LogP contribution in [0.2, 0.25) is 0 Å². The van der Waals surface area contributed by atoms with E-state index in [4.69, 9.17) is 0 Å². The molecule has 0 aromatic carbocycles. The minimum atomic E-state index is -0.0603. The molecular weight excluding hydrogens is 170 g/mol. The molecule has 1 amide bonds. The zero-order chi connectivity index (χ0) is 9.10. The average molecular weight is 181 g/mol. The lowest BCUT2D eigenvalue weighted by atomic mass is 10.2. The first-order chi connectivity index (χ1) is 6.36. The van der Waals surface area contributed by atoms with Gasteiger partial charge in [0, 0.05) is 0 Å². The predicted octanol–water partition coefficient (Wildman–Crippen LogP) is 0.365.